The van der Waals surface area contributed by atoms with Gasteiger partial charge in [-0.1, -0.05) is 24.3 Å². The molecule has 2 atom stereocenters. The molecule has 96 valence electrons. The van der Waals surface area contributed by atoms with Crippen LogP contribution in [0.25, 0.3) is 0 Å². The van der Waals surface area contributed by atoms with Crippen LogP contribution in [0.5, 0.6) is 0 Å². The lowest BCUT2D eigenvalue weighted by atomic mass is 9.90. The maximum Gasteiger partial charge on any atom is 0.0881 e. The summed E-state index contributed by atoms with van der Waals surface area (Å²) in [6, 6.07) is 10.1. The Morgan fingerprint density at radius 1 is 1.22 bits per heavy atom. The molecule has 0 saturated heterocycles. The zero-order valence-electron chi connectivity index (χ0n) is 10.8. The van der Waals surface area contributed by atoms with Gasteiger partial charge in [0.2, 0.25) is 0 Å². The number of aliphatic hydroxyl groups is 1. The van der Waals surface area contributed by atoms with Crippen molar-refractivity contribution in [1.29, 1.82) is 0 Å². The number of rotatable bonds is 4. The zero-order valence-corrected chi connectivity index (χ0v) is 11.6. The monoisotopic (exact) mass is 261 g/mol. The minimum absolute atomic E-state index is 0.0227. The summed E-state index contributed by atoms with van der Waals surface area (Å²) in [6.45, 7) is 4.57. The van der Waals surface area contributed by atoms with Crippen molar-refractivity contribution in [2.75, 3.05) is 6.54 Å². The summed E-state index contributed by atoms with van der Waals surface area (Å²) in [7, 11) is 0. The first kappa shape index (κ1) is 13.3. The van der Waals surface area contributed by atoms with E-state index in [2.05, 4.69) is 19.9 Å². The second-order valence-electron chi connectivity index (χ2n) is 4.59. The number of thiophene rings is 1. The van der Waals surface area contributed by atoms with Gasteiger partial charge >= 0.3 is 0 Å². The van der Waals surface area contributed by atoms with Crippen LogP contribution in [0.1, 0.15) is 33.6 Å². The third kappa shape index (κ3) is 2.48. The molecule has 3 N–H and O–H groups in total. The summed E-state index contributed by atoms with van der Waals surface area (Å²) in [5.74, 6) is -0.0227. The fourth-order valence-corrected chi connectivity index (χ4v) is 3.09. The van der Waals surface area contributed by atoms with Crippen LogP contribution >= 0.6 is 11.3 Å². The summed E-state index contributed by atoms with van der Waals surface area (Å²) in [6.07, 6.45) is -0.534. The van der Waals surface area contributed by atoms with Gasteiger partial charge < -0.3 is 10.8 Å². The maximum atomic E-state index is 10.6. The van der Waals surface area contributed by atoms with E-state index >= 15 is 0 Å². The summed E-state index contributed by atoms with van der Waals surface area (Å²) < 4.78 is 0. The van der Waals surface area contributed by atoms with Crippen LogP contribution in [0.4, 0.5) is 0 Å². The molecule has 0 aliphatic heterocycles. The summed E-state index contributed by atoms with van der Waals surface area (Å²) in [5, 5.41) is 12.6. The molecule has 0 aliphatic rings. The van der Waals surface area contributed by atoms with Crippen molar-refractivity contribution >= 4 is 11.3 Å². The Labute approximate surface area is 112 Å². The maximum absolute atomic E-state index is 10.6. The first-order chi connectivity index (χ1) is 8.65. The molecule has 2 nitrogen and oxygen atoms in total. The molecule has 0 aliphatic carbocycles. The predicted octanol–water partition coefficient (Wildman–Crippen LogP) is 3.14. The molecule has 0 saturated carbocycles. The van der Waals surface area contributed by atoms with Crippen LogP contribution in [0.3, 0.4) is 0 Å². The van der Waals surface area contributed by atoms with Crippen LogP contribution in [-0.4, -0.2) is 11.7 Å². The van der Waals surface area contributed by atoms with Crippen molar-refractivity contribution in [3.8, 4) is 0 Å². The molecule has 2 aromatic rings. The van der Waals surface area contributed by atoms with Gasteiger partial charge in [0, 0.05) is 17.3 Å². The van der Waals surface area contributed by atoms with E-state index in [0.29, 0.717) is 6.54 Å². The normalized spacial score (nSPS) is 14.4. The van der Waals surface area contributed by atoms with E-state index in [0.717, 1.165) is 16.0 Å². The molecule has 0 amide bonds. The molecule has 1 aromatic heterocycles. The van der Waals surface area contributed by atoms with E-state index in [1.807, 2.05) is 29.6 Å². The lowest BCUT2D eigenvalue weighted by Crippen LogP contribution is -2.20. The van der Waals surface area contributed by atoms with E-state index < -0.39 is 6.10 Å². The van der Waals surface area contributed by atoms with Gasteiger partial charge in [0.05, 0.1) is 6.10 Å². The molecule has 0 spiro atoms. The summed E-state index contributed by atoms with van der Waals surface area (Å²) in [5.41, 5.74) is 9.18. The van der Waals surface area contributed by atoms with Crippen LogP contribution < -0.4 is 5.73 Å². The van der Waals surface area contributed by atoms with Gasteiger partial charge in [-0.15, -0.1) is 11.3 Å². The molecule has 1 heterocycles. The fourth-order valence-electron chi connectivity index (χ4n) is 2.21. The first-order valence-corrected chi connectivity index (χ1v) is 7.00. The molecule has 2 unspecified atom stereocenters. The van der Waals surface area contributed by atoms with E-state index in [-0.39, 0.29) is 5.92 Å². The third-order valence-corrected chi connectivity index (χ3v) is 4.51. The first-order valence-electron chi connectivity index (χ1n) is 6.12. The number of aliphatic hydroxyl groups excluding tert-OH is 1. The van der Waals surface area contributed by atoms with E-state index in [9.17, 15) is 5.11 Å². The van der Waals surface area contributed by atoms with Crippen molar-refractivity contribution in [1.82, 2.24) is 0 Å². The van der Waals surface area contributed by atoms with Crippen molar-refractivity contribution in [3.05, 3.63) is 57.3 Å². The Balaban J connectivity index is 2.35. The van der Waals surface area contributed by atoms with E-state index in [1.165, 1.54) is 5.56 Å². The standard InChI is InChI=1S/C15H19NOS/c1-10-5-3-6-12(11(10)2)15(17)13(9-16)14-7-4-8-18-14/h3-8,13,15,17H,9,16H2,1-2H3. The lowest BCUT2D eigenvalue weighted by Gasteiger charge is -2.23. The van der Waals surface area contributed by atoms with Gasteiger partial charge in [-0.25, -0.2) is 0 Å². The molecule has 0 fully saturated rings. The molecule has 1 aromatic carbocycles. The van der Waals surface area contributed by atoms with Gasteiger partial charge in [0.15, 0.2) is 0 Å². The number of benzene rings is 1. The van der Waals surface area contributed by atoms with E-state index in [4.69, 9.17) is 5.73 Å². The second kappa shape index (κ2) is 5.65. The molecular weight excluding hydrogens is 242 g/mol. The lowest BCUT2D eigenvalue weighted by molar-refractivity contribution is 0.148. The van der Waals surface area contributed by atoms with Gasteiger partial charge in [-0.2, -0.15) is 0 Å². The van der Waals surface area contributed by atoms with Gasteiger partial charge in [0.1, 0.15) is 0 Å². The smallest absolute Gasteiger partial charge is 0.0881 e. The number of nitrogens with two attached hydrogens (primary N) is 1. The Morgan fingerprint density at radius 3 is 2.61 bits per heavy atom. The molecule has 0 radical (unpaired) electrons. The summed E-state index contributed by atoms with van der Waals surface area (Å²) in [4.78, 5) is 1.14. The fraction of sp³-hybridized carbons (Fsp3) is 0.333. The van der Waals surface area contributed by atoms with Crippen molar-refractivity contribution < 1.29 is 5.11 Å². The predicted molar refractivity (Wildman–Crippen MR) is 77.0 cm³/mol. The molecule has 3 heteroatoms. The molecule has 2 rings (SSSR count). The highest BCUT2D eigenvalue weighted by molar-refractivity contribution is 7.10. The van der Waals surface area contributed by atoms with E-state index in [1.54, 1.807) is 11.3 Å². The Morgan fingerprint density at radius 2 is 2.00 bits per heavy atom. The summed E-state index contributed by atoms with van der Waals surface area (Å²) >= 11 is 1.65. The highest BCUT2D eigenvalue weighted by Crippen LogP contribution is 2.34. The molecule has 18 heavy (non-hydrogen) atoms. The molecular formula is C15H19NOS. The topological polar surface area (TPSA) is 46.2 Å². The second-order valence-corrected chi connectivity index (χ2v) is 5.57. The van der Waals surface area contributed by atoms with Crippen molar-refractivity contribution in [2.45, 2.75) is 25.9 Å². The third-order valence-electron chi connectivity index (χ3n) is 3.51. The number of aryl methyl sites for hydroxylation is 1. The quantitative estimate of drug-likeness (QED) is 0.888. The Bertz CT molecular complexity index is 507. The van der Waals surface area contributed by atoms with Crippen LogP contribution in [0, 0.1) is 13.8 Å². The van der Waals surface area contributed by atoms with Crippen LogP contribution in [0.2, 0.25) is 0 Å². The Kier molecular flexibility index (Phi) is 4.17. The van der Waals surface area contributed by atoms with Crippen molar-refractivity contribution in [2.24, 2.45) is 5.73 Å². The van der Waals surface area contributed by atoms with Crippen LogP contribution in [-0.2, 0) is 0 Å². The minimum Gasteiger partial charge on any atom is -0.388 e. The van der Waals surface area contributed by atoms with Gasteiger partial charge in [0.25, 0.3) is 0 Å². The average Bonchev–Trinajstić information content (AvgIpc) is 2.87. The van der Waals surface area contributed by atoms with Crippen LogP contribution in [0.15, 0.2) is 35.7 Å². The van der Waals surface area contributed by atoms with Gasteiger partial charge in [-0.05, 0) is 42.0 Å². The highest BCUT2D eigenvalue weighted by atomic mass is 32.1. The average molecular weight is 261 g/mol. The Hall–Kier alpha value is -1.16. The van der Waals surface area contributed by atoms with Gasteiger partial charge in [-0.3, -0.25) is 0 Å². The highest BCUT2D eigenvalue weighted by Gasteiger charge is 2.23. The molecule has 0 bridgehead atoms. The largest absolute Gasteiger partial charge is 0.388 e. The number of hydrogen-bond acceptors (Lipinski definition) is 3. The minimum atomic E-state index is -0.534. The number of hydrogen-bond donors (Lipinski definition) is 2. The van der Waals surface area contributed by atoms with Crippen molar-refractivity contribution in [3.63, 3.8) is 0 Å². The zero-order chi connectivity index (χ0) is 13.1. The SMILES string of the molecule is Cc1cccc(C(O)C(CN)c2cccs2)c1C.